The molecule has 0 unspecified atom stereocenters. The lowest BCUT2D eigenvalue weighted by Crippen LogP contribution is -2.48. The number of oxazole rings is 1. The monoisotopic (exact) mass is 468 g/mol. The van der Waals surface area contributed by atoms with Crippen molar-refractivity contribution in [3.63, 3.8) is 0 Å². The average molecular weight is 469 g/mol. The maximum Gasteiger partial charge on any atom is 0.277 e. The summed E-state index contributed by atoms with van der Waals surface area (Å²) >= 11 is 5.74. The zero-order valence-electron chi connectivity index (χ0n) is 18.4. The molecule has 0 spiro atoms. The molecule has 1 saturated heterocycles. The minimum Gasteiger partial charge on any atom is -0.447 e. The second-order valence-electron chi connectivity index (χ2n) is 8.37. The summed E-state index contributed by atoms with van der Waals surface area (Å²) in [6.07, 6.45) is 0.809. The van der Waals surface area contributed by atoms with E-state index in [0.717, 1.165) is 26.2 Å². The summed E-state index contributed by atoms with van der Waals surface area (Å²) in [5.41, 5.74) is 0.516. The number of piperazine rings is 1. The third kappa shape index (κ3) is 7.53. The molecule has 2 aromatic rings. The molecule has 2 N–H and O–H groups in total. The molecule has 0 aliphatic carbocycles. The predicted octanol–water partition coefficient (Wildman–Crippen LogP) is 2.87. The van der Waals surface area contributed by atoms with E-state index in [9.17, 15) is 14.3 Å². The Balaban J connectivity index is 1.41. The van der Waals surface area contributed by atoms with Crippen LogP contribution < -0.4 is 5.32 Å². The number of hydrogen-bond acceptors (Lipinski definition) is 7. The van der Waals surface area contributed by atoms with Gasteiger partial charge in [-0.25, -0.2) is 9.37 Å². The second-order valence-corrected chi connectivity index (χ2v) is 8.78. The molecule has 0 radical (unpaired) electrons. The molecule has 32 heavy (non-hydrogen) atoms. The average Bonchev–Trinajstić information content (AvgIpc) is 3.20. The van der Waals surface area contributed by atoms with Gasteiger partial charge in [0.05, 0.1) is 24.3 Å². The van der Waals surface area contributed by atoms with E-state index in [0.29, 0.717) is 43.8 Å². The van der Waals surface area contributed by atoms with E-state index in [1.807, 2.05) is 0 Å². The first kappa shape index (κ1) is 24.6. The lowest BCUT2D eigenvalue weighted by Gasteiger charge is -2.34. The Bertz CT molecular complexity index is 887. The number of amides is 1. The van der Waals surface area contributed by atoms with Crippen molar-refractivity contribution in [2.24, 2.45) is 5.92 Å². The van der Waals surface area contributed by atoms with E-state index in [1.165, 1.54) is 24.5 Å². The maximum atomic E-state index is 13.2. The van der Waals surface area contributed by atoms with Crippen LogP contribution in [0.2, 0.25) is 5.02 Å². The number of aromatic nitrogens is 1. The molecule has 8 nitrogen and oxygen atoms in total. The molecular formula is C22H30ClFN4O4. The molecular weight excluding hydrogens is 439 g/mol. The van der Waals surface area contributed by atoms with Gasteiger partial charge in [-0.2, -0.15) is 0 Å². The van der Waals surface area contributed by atoms with Gasteiger partial charge in [0.2, 0.25) is 5.89 Å². The van der Waals surface area contributed by atoms with Crippen molar-refractivity contribution in [3.8, 4) is 0 Å². The standard InChI is InChI=1S/C22H30ClFN4O4/c1-15(2)12-31-13-17(29)10-27-5-7-28(8-6-27)11-21-26-20(14-32-21)22(30)25-16-3-4-19(24)18(23)9-16/h3-4,9,14-15,17,29H,5-8,10-13H2,1-2H3,(H,25,30)/t17-/m1/s1. The summed E-state index contributed by atoms with van der Waals surface area (Å²) in [6, 6.07) is 3.94. The van der Waals surface area contributed by atoms with Gasteiger partial charge in [0, 0.05) is 45.0 Å². The van der Waals surface area contributed by atoms with E-state index in [2.05, 4.69) is 33.9 Å². The van der Waals surface area contributed by atoms with E-state index in [4.69, 9.17) is 20.8 Å². The first-order chi connectivity index (χ1) is 15.3. The van der Waals surface area contributed by atoms with Crippen molar-refractivity contribution in [2.45, 2.75) is 26.5 Å². The van der Waals surface area contributed by atoms with E-state index >= 15 is 0 Å². The fourth-order valence-corrected chi connectivity index (χ4v) is 3.55. The number of rotatable bonds is 10. The molecule has 1 amide bonds. The van der Waals surface area contributed by atoms with Crippen LogP contribution in [0.25, 0.3) is 0 Å². The van der Waals surface area contributed by atoms with Gasteiger partial charge in [-0.3, -0.25) is 14.6 Å². The van der Waals surface area contributed by atoms with Gasteiger partial charge in [-0.1, -0.05) is 25.4 Å². The van der Waals surface area contributed by atoms with Crippen LogP contribution in [0.1, 0.15) is 30.2 Å². The smallest absolute Gasteiger partial charge is 0.277 e. The van der Waals surface area contributed by atoms with E-state index < -0.39 is 17.8 Å². The number of halogens is 2. The van der Waals surface area contributed by atoms with Crippen LogP contribution in [-0.2, 0) is 11.3 Å². The quantitative estimate of drug-likeness (QED) is 0.554. The summed E-state index contributed by atoms with van der Waals surface area (Å²) in [5.74, 6) is -0.111. The number of carbonyl (C=O) groups excluding carboxylic acids is 1. The summed E-state index contributed by atoms with van der Waals surface area (Å²) in [7, 11) is 0. The van der Waals surface area contributed by atoms with Crippen LogP contribution >= 0.6 is 11.6 Å². The molecule has 1 aromatic heterocycles. The number of aliphatic hydroxyl groups excluding tert-OH is 1. The first-order valence-corrected chi connectivity index (χ1v) is 11.1. The Morgan fingerprint density at radius 2 is 2.00 bits per heavy atom. The number of hydrogen-bond donors (Lipinski definition) is 2. The summed E-state index contributed by atoms with van der Waals surface area (Å²) < 4.78 is 24.2. The second kappa shape index (κ2) is 11.7. The molecule has 1 aliphatic rings. The fraction of sp³-hybridized carbons (Fsp3) is 0.545. The third-order valence-corrected chi connectivity index (χ3v) is 5.31. The minimum absolute atomic E-state index is 0.0709. The van der Waals surface area contributed by atoms with Crippen LogP contribution in [0.15, 0.2) is 28.9 Å². The Hall–Kier alpha value is -2.04. The van der Waals surface area contributed by atoms with E-state index in [-0.39, 0.29) is 10.7 Å². The van der Waals surface area contributed by atoms with E-state index in [1.54, 1.807) is 0 Å². The van der Waals surface area contributed by atoms with Crippen LogP contribution in [-0.4, -0.2) is 77.8 Å². The molecule has 176 valence electrons. The van der Waals surface area contributed by atoms with Crippen LogP contribution in [0.4, 0.5) is 10.1 Å². The lowest BCUT2D eigenvalue weighted by atomic mass is 10.2. The fourth-order valence-electron chi connectivity index (χ4n) is 3.37. The largest absolute Gasteiger partial charge is 0.447 e. The molecule has 10 heteroatoms. The Morgan fingerprint density at radius 3 is 2.69 bits per heavy atom. The predicted molar refractivity (Wildman–Crippen MR) is 119 cm³/mol. The van der Waals surface area contributed by atoms with Crippen molar-refractivity contribution >= 4 is 23.2 Å². The molecule has 3 rings (SSSR count). The molecule has 1 fully saturated rings. The number of benzene rings is 1. The first-order valence-electron chi connectivity index (χ1n) is 10.7. The molecule has 0 saturated carbocycles. The Morgan fingerprint density at radius 1 is 1.28 bits per heavy atom. The summed E-state index contributed by atoms with van der Waals surface area (Å²) in [4.78, 5) is 21.0. The van der Waals surface area contributed by atoms with Crippen molar-refractivity contribution in [3.05, 3.63) is 46.9 Å². The highest BCUT2D eigenvalue weighted by molar-refractivity contribution is 6.31. The number of β-amino-alcohol motifs (C(OH)–C–C–N with tert-alkyl or cyclic N) is 1. The van der Waals surface area contributed by atoms with Gasteiger partial charge >= 0.3 is 0 Å². The SMILES string of the molecule is CC(C)COC[C@H](O)CN1CCN(Cc2nc(C(=O)Nc3ccc(F)c(Cl)c3)co2)CC1. The maximum absolute atomic E-state index is 13.2. The van der Waals surface area contributed by atoms with Crippen molar-refractivity contribution in [2.75, 3.05) is 51.3 Å². The number of aliphatic hydroxyl groups is 1. The van der Waals surface area contributed by atoms with Crippen molar-refractivity contribution in [1.29, 1.82) is 0 Å². The normalized spacial score (nSPS) is 16.4. The number of ether oxygens (including phenoxy) is 1. The highest BCUT2D eigenvalue weighted by atomic mass is 35.5. The van der Waals surface area contributed by atoms with Crippen LogP contribution in [0, 0.1) is 11.7 Å². The minimum atomic E-state index is -0.553. The number of anilines is 1. The van der Waals surface area contributed by atoms with Gasteiger partial charge in [0.25, 0.3) is 5.91 Å². The van der Waals surface area contributed by atoms with Crippen molar-refractivity contribution in [1.82, 2.24) is 14.8 Å². The molecule has 2 heterocycles. The molecule has 1 aliphatic heterocycles. The zero-order valence-corrected chi connectivity index (χ0v) is 19.1. The van der Waals surface area contributed by atoms with Gasteiger partial charge in [-0.05, 0) is 24.1 Å². The highest BCUT2D eigenvalue weighted by Crippen LogP contribution is 2.20. The highest BCUT2D eigenvalue weighted by Gasteiger charge is 2.21. The third-order valence-electron chi connectivity index (χ3n) is 5.02. The van der Waals surface area contributed by atoms with Crippen molar-refractivity contribution < 1.29 is 23.4 Å². The molecule has 0 bridgehead atoms. The summed E-state index contributed by atoms with van der Waals surface area (Å²) in [5, 5.41) is 12.7. The zero-order chi connectivity index (χ0) is 23.1. The topological polar surface area (TPSA) is 91.1 Å². The number of nitrogens with one attached hydrogen (secondary N) is 1. The number of nitrogens with zero attached hydrogens (tertiary/aromatic N) is 3. The summed E-state index contributed by atoms with van der Waals surface area (Å²) in [6.45, 7) is 9.48. The number of carbonyl (C=O) groups is 1. The van der Waals surface area contributed by atoms with Gasteiger partial charge in [-0.15, -0.1) is 0 Å². The Labute approximate surface area is 192 Å². The van der Waals surface area contributed by atoms with Crippen LogP contribution in [0.5, 0.6) is 0 Å². The van der Waals surface area contributed by atoms with Crippen LogP contribution in [0.3, 0.4) is 0 Å². The Kier molecular flexibility index (Phi) is 9.01. The van der Waals surface area contributed by atoms with Gasteiger partial charge < -0.3 is 19.6 Å². The molecule has 1 atom stereocenters. The molecule has 1 aromatic carbocycles. The lowest BCUT2D eigenvalue weighted by molar-refractivity contribution is -0.000850. The van der Waals surface area contributed by atoms with Gasteiger partial charge in [0.15, 0.2) is 5.69 Å². The van der Waals surface area contributed by atoms with Gasteiger partial charge in [0.1, 0.15) is 12.1 Å².